The first-order valence-corrected chi connectivity index (χ1v) is 7.34. The third-order valence-electron chi connectivity index (χ3n) is 3.66. The number of nitrogens with one attached hydrogen (secondary N) is 1. The number of carbonyl (C=O) groups excluding carboxylic acids is 1. The molecule has 0 saturated carbocycles. The molecule has 0 radical (unpaired) electrons. The number of para-hydroxylation sites is 1. The van der Waals surface area contributed by atoms with Gasteiger partial charge in [-0.2, -0.15) is 0 Å². The predicted molar refractivity (Wildman–Crippen MR) is 85.2 cm³/mol. The van der Waals surface area contributed by atoms with Crippen LogP contribution in [-0.2, 0) is 16.1 Å². The Morgan fingerprint density at radius 3 is 2.83 bits per heavy atom. The minimum atomic E-state index is -0.962. The van der Waals surface area contributed by atoms with E-state index >= 15 is 0 Å². The fraction of sp³-hybridized carbons (Fsp3) is 0.375. The van der Waals surface area contributed by atoms with Crippen molar-refractivity contribution in [3.05, 3.63) is 40.4 Å². The molecule has 1 aromatic heterocycles. The summed E-state index contributed by atoms with van der Waals surface area (Å²) in [5.74, 6) is -1.91. The Morgan fingerprint density at radius 2 is 2.13 bits per heavy atom. The molecule has 0 aliphatic rings. The first-order valence-electron chi connectivity index (χ1n) is 7.34. The minimum Gasteiger partial charge on any atom is -0.481 e. The largest absolute Gasteiger partial charge is 0.481 e. The molecule has 0 spiro atoms. The molecule has 0 aliphatic carbocycles. The first kappa shape index (κ1) is 16.7. The minimum absolute atomic E-state index is 0.0677. The molecule has 1 unspecified atom stereocenters. The van der Waals surface area contributed by atoms with E-state index in [9.17, 15) is 14.4 Å². The summed E-state index contributed by atoms with van der Waals surface area (Å²) < 4.78 is 1.39. The van der Waals surface area contributed by atoms with Crippen LogP contribution in [-0.4, -0.2) is 33.1 Å². The van der Waals surface area contributed by atoms with E-state index in [1.54, 1.807) is 12.1 Å². The molecule has 7 heteroatoms. The van der Waals surface area contributed by atoms with Crippen molar-refractivity contribution in [3.8, 4) is 0 Å². The van der Waals surface area contributed by atoms with Crippen molar-refractivity contribution in [1.29, 1.82) is 0 Å². The number of carbonyl (C=O) groups is 2. The Bertz CT molecular complexity index is 798. The van der Waals surface area contributed by atoms with Crippen molar-refractivity contribution >= 4 is 22.8 Å². The van der Waals surface area contributed by atoms with Crippen LogP contribution in [0.2, 0.25) is 0 Å². The highest BCUT2D eigenvalue weighted by molar-refractivity contribution is 5.80. The molecule has 0 aliphatic heterocycles. The average Bonchev–Trinajstić information content (AvgIpc) is 2.52. The number of aliphatic carboxylic acids is 1. The quantitative estimate of drug-likeness (QED) is 0.825. The zero-order valence-corrected chi connectivity index (χ0v) is 13.1. The van der Waals surface area contributed by atoms with Gasteiger partial charge >= 0.3 is 5.97 Å². The summed E-state index contributed by atoms with van der Waals surface area (Å²) in [5, 5.41) is 11.8. The van der Waals surface area contributed by atoms with Crippen LogP contribution in [0.1, 0.15) is 18.9 Å². The van der Waals surface area contributed by atoms with Crippen molar-refractivity contribution in [2.75, 3.05) is 6.54 Å². The van der Waals surface area contributed by atoms with Crippen LogP contribution in [0.5, 0.6) is 0 Å². The Labute approximate surface area is 133 Å². The number of amides is 1. The first-order chi connectivity index (χ1) is 10.9. The van der Waals surface area contributed by atoms with E-state index in [0.717, 1.165) is 5.56 Å². The third kappa shape index (κ3) is 3.94. The lowest BCUT2D eigenvalue weighted by Gasteiger charge is -2.10. The lowest BCUT2D eigenvalue weighted by Crippen LogP contribution is -2.32. The van der Waals surface area contributed by atoms with Gasteiger partial charge in [-0.05, 0) is 18.6 Å². The van der Waals surface area contributed by atoms with Gasteiger partial charge in [-0.15, -0.1) is 0 Å². The van der Waals surface area contributed by atoms with Crippen LogP contribution in [0.4, 0.5) is 0 Å². The van der Waals surface area contributed by atoms with E-state index < -0.39 is 11.9 Å². The number of hydrogen-bond acceptors (Lipinski definition) is 4. The van der Waals surface area contributed by atoms with E-state index in [2.05, 4.69) is 10.3 Å². The maximum atomic E-state index is 12.4. The zero-order chi connectivity index (χ0) is 17.0. The molecular weight excluding hydrogens is 298 g/mol. The lowest BCUT2D eigenvalue weighted by atomic mass is 10.1. The fourth-order valence-electron chi connectivity index (χ4n) is 2.16. The van der Waals surface area contributed by atoms with E-state index in [-0.39, 0.29) is 31.0 Å². The molecule has 1 atom stereocenters. The molecule has 23 heavy (non-hydrogen) atoms. The molecule has 0 bridgehead atoms. The van der Waals surface area contributed by atoms with Crippen molar-refractivity contribution in [3.63, 3.8) is 0 Å². The topological polar surface area (TPSA) is 101 Å². The van der Waals surface area contributed by atoms with Gasteiger partial charge in [-0.25, -0.2) is 4.98 Å². The van der Waals surface area contributed by atoms with Gasteiger partial charge < -0.3 is 10.4 Å². The monoisotopic (exact) mass is 317 g/mol. The number of fused-ring (bicyclic) bond motifs is 1. The maximum Gasteiger partial charge on any atom is 0.308 e. The number of rotatable bonds is 6. The number of aryl methyl sites for hydroxylation is 2. The van der Waals surface area contributed by atoms with Gasteiger partial charge in [0.15, 0.2) is 0 Å². The maximum absolute atomic E-state index is 12.4. The Hall–Kier alpha value is -2.70. The SMILES string of the molecule is Cc1cccc2c(=O)n(CCC(=O)NCC(C)C(=O)O)cnc12. The Morgan fingerprint density at radius 1 is 1.39 bits per heavy atom. The van der Waals surface area contributed by atoms with E-state index in [4.69, 9.17) is 5.11 Å². The number of aromatic nitrogens is 2. The van der Waals surface area contributed by atoms with E-state index in [0.29, 0.717) is 10.9 Å². The Balaban J connectivity index is 2.03. The van der Waals surface area contributed by atoms with Crippen molar-refractivity contribution in [2.24, 2.45) is 5.92 Å². The van der Waals surface area contributed by atoms with Crippen LogP contribution in [0.25, 0.3) is 10.9 Å². The summed E-state index contributed by atoms with van der Waals surface area (Å²) in [6.07, 6.45) is 1.52. The highest BCUT2D eigenvalue weighted by Crippen LogP contribution is 2.11. The predicted octanol–water partition coefficient (Wildman–Crippen LogP) is 0.932. The second-order valence-corrected chi connectivity index (χ2v) is 5.51. The van der Waals surface area contributed by atoms with Crippen LogP contribution in [0.15, 0.2) is 29.3 Å². The third-order valence-corrected chi connectivity index (χ3v) is 3.66. The van der Waals surface area contributed by atoms with Crippen LogP contribution in [0, 0.1) is 12.8 Å². The molecule has 0 fully saturated rings. The molecule has 1 heterocycles. The number of carboxylic acids is 1. The van der Waals surface area contributed by atoms with Gasteiger partial charge in [-0.1, -0.05) is 19.1 Å². The molecule has 2 rings (SSSR count). The normalized spacial score (nSPS) is 12.1. The van der Waals surface area contributed by atoms with Crippen LogP contribution < -0.4 is 10.9 Å². The second-order valence-electron chi connectivity index (χ2n) is 5.51. The van der Waals surface area contributed by atoms with E-state index in [1.807, 2.05) is 13.0 Å². The summed E-state index contributed by atoms with van der Waals surface area (Å²) in [5.41, 5.74) is 1.39. The number of nitrogens with zero attached hydrogens (tertiary/aromatic N) is 2. The standard InChI is InChI=1S/C16H19N3O4/c1-10-4-3-5-12-14(10)18-9-19(15(12)21)7-6-13(20)17-8-11(2)16(22)23/h3-5,9,11H,6-8H2,1-2H3,(H,17,20)(H,22,23). The number of carboxylic acid groups (broad SMARTS) is 1. The van der Waals surface area contributed by atoms with E-state index in [1.165, 1.54) is 17.8 Å². The van der Waals surface area contributed by atoms with Crippen molar-refractivity contribution in [1.82, 2.24) is 14.9 Å². The summed E-state index contributed by atoms with van der Waals surface area (Å²) in [6, 6.07) is 5.39. The smallest absolute Gasteiger partial charge is 0.308 e. The molecule has 1 aromatic carbocycles. The number of hydrogen-bond donors (Lipinski definition) is 2. The lowest BCUT2D eigenvalue weighted by molar-refractivity contribution is -0.141. The van der Waals surface area contributed by atoms with Gasteiger partial charge in [-0.3, -0.25) is 19.0 Å². The van der Waals surface area contributed by atoms with Crippen LogP contribution in [0.3, 0.4) is 0 Å². The fourth-order valence-corrected chi connectivity index (χ4v) is 2.16. The number of benzene rings is 1. The molecule has 1 amide bonds. The molecule has 2 aromatic rings. The van der Waals surface area contributed by atoms with Crippen molar-refractivity contribution in [2.45, 2.75) is 26.8 Å². The van der Waals surface area contributed by atoms with Gasteiger partial charge in [0, 0.05) is 19.5 Å². The Kier molecular flexibility index (Phi) is 5.10. The second kappa shape index (κ2) is 7.04. The van der Waals surface area contributed by atoms with Gasteiger partial charge in [0.2, 0.25) is 5.91 Å². The van der Waals surface area contributed by atoms with Crippen molar-refractivity contribution < 1.29 is 14.7 Å². The van der Waals surface area contributed by atoms with Crippen LogP contribution >= 0.6 is 0 Å². The molecule has 122 valence electrons. The summed E-state index contributed by atoms with van der Waals surface area (Å²) in [7, 11) is 0. The highest BCUT2D eigenvalue weighted by atomic mass is 16.4. The molecular formula is C16H19N3O4. The zero-order valence-electron chi connectivity index (χ0n) is 13.1. The highest BCUT2D eigenvalue weighted by Gasteiger charge is 2.12. The van der Waals surface area contributed by atoms with Gasteiger partial charge in [0.05, 0.1) is 23.1 Å². The molecule has 7 nitrogen and oxygen atoms in total. The molecule has 2 N–H and O–H groups in total. The van der Waals surface area contributed by atoms with Gasteiger partial charge in [0.1, 0.15) is 0 Å². The molecule has 0 saturated heterocycles. The van der Waals surface area contributed by atoms with Gasteiger partial charge in [0.25, 0.3) is 5.56 Å². The summed E-state index contributed by atoms with van der Waals surface area (Å²) in [6.45, 7) is 3.67. The summed E-state index contributed by atoms with van der Waals surface area (Å²) in [4.78, 5) is 39.0. The average molecular weight is 317 g/mol. The summed E-state index contributed by atoms with van der Waals surface area (Å²) >= 11 is 0.